The zero-order valence-electron chi connectivity index (χ0n) is 14.0. The number of halogens is 3. The maximum atomic E-state index is 12.9. The molecule has 0 saturated heterocycles. The fourth-order valence-electron chi connectivity index (χ4n) is 3.33. The molecule has 1 aromatic carbocycles. The van der Waals surface area contributed by atoms with E-state index >= 15 is 0 Å². The van der Waals surface area contributed by atoms with Crippen LogP contribution in [0.25, 0.3) is 11.4 Å². The smallest absolute Gasteiger partial charge is 0.333 e. The highest BCUT2D eigenvalue weighted by Crippen LogP contribution is 2.35. The monoisotopic (exact) mass is 365 g/mol. The van der Waals surface area contributed by atoms with E-state index in [0.717, 1.165) is 38.5 Å². The summed E-state index contributed by atoms with van der Waals surface area (Å²) >= 11 is 0. The fourth-order valence-corrected chi connectivity index (χ4v) is 3.33. The predicted molar refractivity (Wildman–Crippen MR) is 86.2 cm³/mol. The third-order valence-electron chi connectivity index (χ3n) is 5.23. The van der Waals surface area contributed by atoms with Crippen LogP contribution in [-0.4, -0.2) is 33.0 Å². The summed E-state index contributed by atoms with van der Waals surface area (Å²) in [5, 5.41) is 3.36. The Balaban J connectivity index is 1.53. The van der Waals surface area contributed by atoms with Crippen molar-refractivity contribution >= 4 is 5.91 Å². The Hall–Kier alpha value is -2.38. The third-order valence-corrected chi connectivity index (χ3v) is 5.23. The lowest BCUT2D eigenvalue weighted by Gasteiger charge is -2.46. The second kappa shape index (κ2) is 6.41. The van der Waals surface area contributed by atoms with Crippen molar-refractivity contribution in [3.05, 3.63) is 35.7 Å². The van der Waals surface area contributed by atoms with Crippen molar-refractivity contribution in [1.29, 1.82) is 0 Å². The second-order valence-electron chi connectivity index (χ2n) is 6.88. The molecule has 2 aliphatic carbocycles. The molecule has 0 spiro atoms. The molecule has 2 saturated carbocycles. The van der Waals surface area contributed by atoms with E-state index in [1.165, 1.54) is 0 Å². The van der Waals surface area contributed by atoms with E-state index in [4.69, 9.17) is 0 Å². The lowest BCUT2D eigenvalue weighted by atomic mass is 9.84. The molecule has 26 heavy (non-hydrogen) atoms. The summed E-state index contributed by atoms with van der Waals surface area (Å²) < 4.78 is 41.9. The van der Waals surface area contributed by atoms with Crippen LogP contribution in [0.3, 0.4) is 0 Å². The summed E-state index contributed by atoms with van der Waals surface area (Å²) in [6, 6.07) is 6.98. The van der Waals surface area contributed by atoms with E-state index in [0.29, 0.717) is 23.2 Å². The quantitative estimate of drug-likeness (QED) is 0.810. The van der Waals surface area contributed by atoms with E-state index < -0.39 is 12.1 Å². The zero-order chi connectivity index (χ0) is 18.3. The van der Waals surface area contributed by atoms with E-state index in [1.807, 2.05) is 4.90 Å². The molecule has 0 atom stereocenters. The van der Waals surface area contributed by atoms with Gasteiger partial charge < -0.3 is 9.42 Å². The predicted octanol–water partition coefficient (Wildman–Crippen LogP) is 4.30. The van der Waals surface area contributed by atoms with Crippen molar-refractivity contribution in [1.82, 2.24) is 15.0 Å². The number of aromatic nitrogens is 2. The number of alkyl halides is 3. The number of carbonyl (C=O) groups is 1. The standard InChI is InChI=1S/C18H18F3N3O2/c19-18(20,21)17-22-15(23-26-17)11-7-9-12(10-8-11)16(25)24(13-3-1-4-13)14-5-2-6-14/h7-10,13-14H,1-6H2. The van der Waals surface area contributed by atoms with Crippen molar-refractivity contribution in [3.63, 3.8) is 0 Å². The molecule has 0 unspecified atom stereocenters. The number of hydrogen-bond donors (Lipinski definition) is 0. The van der Waals surface area contributed by atoms with Gasteiger partial charge in [0.05, 0.1) is 0 Å². The van der Waals surface area contributed by atoms with Crippen LogP contribution in [0.5, 0.6) is 0 Å². The SMILES string of the molecule is O=C(c1ccc(-c2noc(C(F)(F)F)n2)cc1)N(C1CCC1)C1CCC1. The van der Waals surface area contributed by atoms with Crippen LogP contribution in [0.2, 0.25) is 0 Å². The Kier molecular flexibility index (Phi) is 4.20. The van der Waals surface area contributed by atoms with E-state index in [-0.39, 0.29) is 11.7 Å². The van der Waals surface area contributed by atoms with Gasteiger partial charge >= 0.3 is 12.1 Å². The molecule has 0 N–H and O–H groups in total. The van der Waals surface area contributed by atoms with Gasteiger partial charge in [-0.1, -0.05) is 17.3 Å². The largest absolute Gasteiger partial charge is 0.471 e. The highest BCUT2D eigenvalue weighted by Gasteiger charge is 2.39. The second-order valence-corrected chi connectivity index (χ2v) is 6.88. The molecule has 2 fully saturated rings. The van der Waals surface area contributed by atoms with Gasteiger partial charge in [-0.25, -0.2) is 0 Å². The Bertz CT molecular complexity index is 779. The van der Waals surface area contributed by atoms with Crippen molar-refractivity contribution in [2.75, 3.05) is 0 Å². The number of amides is 1. The van der Waals surface area contributed by atoms with Gasteiger partial charge in [-0.15, -0.1) is 0 Å². The summed E-state index contributed by atoms with van der Waals surface area (Å²) in [7, 11) is 0. The van der Waals surface area contributed by atoms with Gasteiger partial charge in [-0.05, 0) is 50.7 Å². The maximum Gasteiger partial charge on any atom is 0.471 e. The minimum absolute atomic E-state index is 0.00459. The Morgan fingerprint density at radius 1 is 1.04 bits per heavy atom. The Morgan fingerprint density at radius 3 is 2.04 bits per heavy atom. The minimum atomic E-state index is -4.67. The fraction of sp³-hybridized carbons (Fsp3) is 0.500. The zero-order valence-corrected chi connectivity index (χ0v) is 14.0. The van der Waals surface area contributed by atoms with Crippen LogP contribution < -0.4 is 0 Å². The normalized spacial score (nSPS) is 18.3. The molecule has 1 heterocycles. The summed E-state index contributed by atoms with van der Waals surface area (Å²) in [6.45, 7) is 0. The van der Waals surface area contributed by atoms with Gasteiger partial charge in [0.2, 0.25) is 5.82 Å². The third kappa shape index (κ3) is 3.08. The van der Waals surface area contributed by atoms with Crippen LogP contribution >= 0.6 is 0 Å². The maximum absolute atomic E-state index is 12.9. The van der Waals surface area contributed by atoms with Crippen LogP contribution in [0.4, 0.5) is 13.2 Å². The number of nitrogens with zero attached hydrogens (tertiary/aromatic N) is 3. The molecular formula is C18H18F3N3O2. The molecule has 0 bridgehead atoms. The van der Waals surface area contributed by atoms with Gasteiger partial charge in [0.15, 0.2) is 0 Å². The molecule has 5 nitrogen and oxygen atoms in total. The summed E-state index contributed by atoms with van der Waals surface area (Å²) in [5.74, 6) is -1.53. The first-order chi connectivity index (χ1) is 12.4. The average molecular weight is 365 g/mol. The van der Waals surface area contributed by atoms with Crippen molar-refractivity contribution in [3.8, 4) is 11.4 Å². The van der Waals surface area contributed by atoms with Crippen molar-refractivity contribution in [2.24, 2.45) is 0 Å². The minimum Gasteiger partial charge on any atom is -0.333 e. The molecule has 2 aliphatic rings. The van der Waals surface area contributed by atoms with Gasteiger partial charge in [0.1, 0.15) is 0 Å². The average Bonchev–Trinajstić information content (AvgIpc) is 3.00. The molecular weight excluding hydrogens is 347 g/mol. The summed E-state index contributed by atoms with van der Waals surface area (Å²) in [4.78, 5) is 18.3. The van der Waals surface area contributed by atoms with Crippen molar-refractivity contribution < 1.29 is 22.5 Å². The van der Waals surface area contributed by atoms with E-state index in [1.54, 1.807) is 24.3 Å². The van der Waals surface area contributed by atoms with E-state index in [2.05, 4.69) is 14.7 Å². The Labute approximate surface area is 148 Å². The van der Waals surface area contributed by atoms with Gasteiger partial charge in [0.25, 0.3) is 5.91 Å². The topological polar surface area (TPSA) is 59.2 Å². The van der Waals surface area contributed by atoms with Crippen LogP contribution in [0.1, 0.15) is 54.8 Å². The van der Waals surface area contributed by atoms with Gasteiger partial charge in [-0.3, -0.25) is 4.79 Å². The molecule has 0 radical (unpaired) electrons. The van der Waals surface area contributed by atoms with Crippen LogP contribution in [0, 0.1) is 0 Å². The number of carbonyl (C=O) groups excluding carboxylic acids is 1. The van der Waals surface area contributed by atoms with Crippen molar-refractivity contribution in [2.45, 2.75) is 56.8 Å². The number of benzene rings is 1. The molecule has 1 aromatic heterocycles. The highest BCUT2D eigenvalue weighted by atomic mass is 19.4. The van der Waals surface area contributed by atoms with E-state index in [9.17, 15) is 18.0 Å². The molecule has 0 aliphatic heterocycles. The lowest BCUT2D eigenvalue weighted by Crippen LogP contribution is -2.52. The lowest BCUT2D eigenvalue weighted by molar-refractivity contribution is -0.159. The van der Waals surface area contributed by atoms with Crippen LogP contribution in [-0.2, 0) is 6.18 Å². The summed E-state index contributed by atoms with van der Waals surface area (Å²) in [6.07, 6.45) is 1.81. The first-order valence-corrected chi connectivity index (χ1v) is 8.77. The number of rotatable bonds is 4. The molecule has 2 aromatic rings. The first-order valence-electron chi connectivity index (χ1n) is 8.77. The number of hydrogen-bond acceptors (Lipinski definition) is 4. The first kappa shape index (κ1) is 17.1. The van der Waals surface area contributed by atoms with Gasteiger partial charge in [0, 0.05) is 23.2 Å². The Morgan fingerprint density at radius 2 is 1.62 bits per heavy atom. The highest BCUT2D eigenvalue weighted by molar-refractivity contribution is 5.95. The molecule has 8 heteroatoms. The molecule has 4 rings (SSSR count). The molecule has 138 valence electrons. The molecule has 1 amide bonds. The summed E-state index contributed by atoms with van der Waals surface area (Å²) in [5.41, 5.74) is 0.909. The van der Waals surface area contributed by atoms with Gasteiger partial charge in [-0.2, -0.15) is 18.2 Å². The van der Waals surface area contributed by atoms with Crippen LogP contribution in [0.15, 0.2) is 28.8 Å².